The predicted molar refractivity (Wildman–Crippen MR) is 109 cm³/mol. The van der Waals surface area contributed by atoms with E-state index in [1.165, 1.54) is 10.7 Å². The monoisotopic (exact) mass is 369 g/mol. The first-order valence-electron chi connectivity index (χ1n) is 9.01. The number of hydrogen-bond acceptors (Lipinski definition) is 2. The Balaban J connectivity index is 1.43. The number of rotatable bonds is 5. The van der Waals surface area contributed by atoms with Crippen molar-refractivity contribution in [1.82, 2.24) is 15.1 Å². The number of aromatic nitrogens is 2. The van der Waals surface area contributed by atoms with Gasteiger partial charge in [0, 0.05) is 11.6 Å². The Hall–Kier alpha value is -3.86. The Morgan fingerprint density at radius 2 is 1.43 bits per heavy atom. The van der Waals surface area contributed by atoms with Gasteiger partial charge >= 0.3 is 0 Å². The molecule has 0 radical (unpaired) electrons. The van der Waals surface area contributed by atoms with Crippen molar-refractivity contribution in [3.63, 3.8) is 0 Å². The molecule has 5 heteroatoms. The summed E-state index contributed by atoms with van der Waals surface area (Å²) in [6.45, 7) is 0.244. The van der Waals surface area contributed by atoms with Crippen LogP contribution in [0.4, 0.5) is 0 Å². The second kappa shape index (κ2) is 7.80. The molecule has 4 aromatic rings. The lowest BCUT2D eigenvalue weighted by atomic mass is 10.0. The number of para-hydroxylation sites is 1. The van der Waals surface area contributed by atoms with Crippen molar-refractivity contribution in [3.8, 4) is 16.8 Å². The molecule has 0 fully saturated rings. The Morgan fingerprint density at radius 3 is 2.11 bits per heavy atom. The summed E-state index contributed by atoms with van der Waals surface area (Å²) in [4.78, 5) is 24.6. The third-order valence-electron chi connectivity index (χ3n) is 4.48. The van der Waals surface area contributed by atoms with Crippen LogP contribution in [0, 0.1) is 0 Å². The van der Waals surface area contributed by atoms with Gasteiger partial charge in [-0.3, -0.25) is 14.7 Å². The molecule has 0 aliphatic heterocycles. The smallest absolute Gasteiger partial charge is 0.271 e. The average Bonchev–Trinajstić information content (AvgIpc) is 3.14. The lowest BCUT2D eigenvalue weighted by Gasteiger charge is -2.06. The molecule has 0 aliphatic carbocycles. The summed E-state index contributed by atoms with van der Waals surface area (Å²) in [7, 11) is 0. The maximum atomic E-state index is 12.4. The molecule has 1 amide bonds. The van der Waals surface area contributed by atoms with Gasteiger partial charge in [-0.2, -0.15) is 0 Å². The summed E-state index contributed by atoms with van der Waals surface area (Å²) < 4.78 is 1.45. The number of nitrogens with zero attached hydrogens (tertiary/aromatic N) is 1. The molecule has 138 valence electrons. The number of benzene rings is 3. The summed E-state index contributed by atoms with van der Waals surface area (Å²) in [5.41, 5.74) is 3.97. The first kappa shape index (κ1) is 17.5. The third kappa shape index (κ3) is 3.78. The lowest BCUT2D eigenvalue weighted by Crippen LogP contribution is -2.23. The van der Waals surface area contributed by atoms with Gasteiger partial charge in [0.15, 0.2) is 0 Å². The van der Waals surface area contributed by atoms with Gasteiger partial charge < -0.3 is 5.32 Å². The minimum atomic E-state index is -0.187. The van der Waals surface area contributed by atoms with Crippen LogP contribution >= 0.6 is 0 Å². The minimum Gasteiger partial charge on any atom is -0.346 e. The fourth-order valence-electron chi connectivity index (χ4n) is 3.03. The van der Waals surface area contributed by atoms with Gasteiger partial charge in [-0.15, -0.1) is 0 Å². The third-order valence-corrected chi connectivity index (χ3v) is 4.48. The molecule has 2 N–H and O–H groups in total. The van der Waals surface area contributed by atoms with Crippen LogP contribution in [0.5, 0.6) is 0 Å². The van der Waals surface area contributed by atoms with Gasteiger partial charge in [0.25, 0.3) is 11.5 Å². The quantitative estimate of drug-likeness (QED) is 0.562. The molecule has 3 aromatic carbocycles. The highest BCUT2D eigenvalue weighted by Gasteiger charge is 2.09. The molecular formula is C23H19N3O2. The van der Waals surface area contributed by atoms with Crippen LogP contribution in [-0.4, -0.2) is 15.7 Å². The highest BCUT2D eigenvalue weighted by Crippen LogP contribution is 2.19. The molecule has 0 spiro atoms. The Labute approximate surface area is 162 Å². The zero-order chi connectivity index (χ0) is 19.3. The van der Waals surface area contributed by atoms with Gasteiger partial charge in [-0.1, -0.05) is 60.7 Å². The summed E-state index contributed by atoms with van der Waals surface area (Å²) in [6, 6.07) is 28.3. The summed E-state index contributed by atoms with van der Waals surface area (Å²) in [5, 5.41) is 5.87. The van der Waals surface area contributed by atoms with E-state index in [1.807, 2.05) is 72.8 Å². The topological polar surface area (TPSA) is 66.9 Å². The van der Waals surface area contributed by atoms with Crippen molar-refractivity contribution in [2.24, 2.45) is 0 Å². The van der Waals surface area contributed by atoms with E-state index in [4.69, 9.17) is 0 Å². The van der Waals surface area contributed by atoms with Crippen molar-refractivity contribution in [2.75, 3.05) is 0 Å². The van der Waals surface area contributed by atoms with Crippen LogP contribution in [0.3, 0.4) is 0 Å². The molecule has 0 unspecified atom stereocenters. The van der Waals surface area contributed by atoms with Crippen LogP contribution in [0.25, 0.3) is 16.8 Å². The highest BCUT2D eigenvalue weighted by atomic mass is 16.1. The Bertz CT molecular complexity index is 1130. The van der Waals surface area contributed by atoms with Crippen LogP contribution in [0.2, 0.25) is 0 Å². The normalized spacial score (nSPS) is 10.6. The molecule has 0 aliphatic rings. The Kier molecular flexibility index (Phi) is 4.89. The van der Waals surface area contributed by atoms with Gasteiger partial charge in [-0.25, -0.2) is 4.68 Å². The molecule has 0 saturated carbocycles. The largest absolute Gasteiger partial charge is 0.346 e. The number of aromatic amines is 1. The minimum absolute atomic E-state index is 0.164. The number of amides is 1. The fraction of sp³-hybridized carbons (Fsp3) is 0.0435. The molecule has 4 rings (SSSR count). The van der Waals surface area contributed by atoms with Crippen molar-refractivity contribution in [1.29, 1.82) is 0 Å². The number of carbonyl (C=O) groups is 1. The van der Waals surface area contributed by atoms with Gasteiger partial charge in [0.1, 0.15) is 0 Å². The number of hydrogen-bond donors (Lipinski definition) is 2. The average molecular weight is 369 g/mol. The molecule has 5 nitrogen and oxygen atoms in total. The van der Waals surface area contributed by atoms with Gasteiger partial charge in [0.2, 0.25) is 0 Å². The highest BCUT2D eigenvalue weighted by molar-refractivity contribution is 5.94. The Morgan fingerprint density at radius 1 is 0.821 bits per heavy atom. The molecule has 0 saturated heterocycles. The lowest BCUT2D eigenvalue weighted by molar-refractivity contribution is 0.0950. The molecular weight excluding hydrogens is 350 g/mol. The van der Waals surface area contributed by atoms with Crippen LogP contribution in [-0.2, 0) is 6.54 Å². The van der Waals surface area contributed by atoms with Crippen LogP contribution < -0.4 is 10.9 Å². The number of carbonyl (C=O) groups excluding carboxylic acids is 1. The van der Waals surface area contributed by atoms with Crippen LogP contribution in [0.15, 0.2) is 95.8 Å². The SMILES string of the molecule is O=C(NCc1cc(=O)n(-c2ccccc2)[nH]1)c1ccc(-c2ccccc2)cc1. The van der Waals surface area contributed by atoms with Crippen molar-refractivity contribution in [3.05, 3.63) is 113 Å². The zero-order valence-electron chi connectivity index (χ0n) is 15.1. The van der Waals surface area contributed by atoms with E-state index in [0.717, 1.165) is 16.8 Å². The van der Waals surface area contributed by atoms with E-state index in [1.54, 1.807) is 12.1 Å². The van der Waals surface area contributed by atoms with Gasteiger partial charge in [-0.05, 0) is 35.4 Å². The van der Waals surface area contributed by atoms with Gasteiger partial charge in [0.05, 0.1) is 17.9 Å². The van der Waals surface area contributed by atoms with E-state index in [-0.39, 0.29) is 18.0 Å². The summed E-state index contributed by atoms with van der Waals surface area (Å²) in [5.74, 6) is -0.187. The maximum Gasteiger partial charge on any atom is 0.271 e. The summed E-state index contributed by atoms with van der Waals surface area (Å²) >= 11 is 0. The second-order valence-electron chi connectivity index (χ2n) is 6.42. The van der Waals surface area contributed by atoms with Crippen molar-refractivity contribution in [2.45, 2.75) is 6.54 Å². The number of H-pyrrole nitrogens is 1. The molecule has 1 heterocycles. The second-order valence-corrected chi connectivity index (χ2v) is 6.42. The first-order valence-corrected chi connectivity index (χ1v) is 9.01. The fourth-order valence-corrected chi connectivity index (χ4v) is 3.03. The van der Waals surface area contributed by atoms with Crippen molar-refractivity contribution >= 4 is 5.91 Å². The van der Waals surface area contributed by atoms with E-state index < -0.39 is 0 Å². The van der Waals surface area contributed by atoms with E-state index in [2.05, 4.69) is 10.4 Å². The number of nitrogens with one attached hydrogen (secondary N) is 2. The predicted octanol–water partition coefficient (Wildman–Crippen LogP) is 3.76. The van der Waals surface area contributed by atoms with Crippen LogP contribution in [0.1, 0.15) is 16.1 Å². The maximum absolute atomic E-state index is 12.4. The van der Waals surface area contributed by atoms with E-state index >= 15 is 0 Å². The molecule has 1 aromatic heterocycles. The molecule has 0 atom stereocenters. The standard InChI is InChI=1S/C23H19N3O2/c27-22-15-20(25-26(22)21-9-5-2-6-10-21)16-24-23(28)19-13-11-18(12-14-19)17-7-3-1-4-8-17/h1-15,25H,16H2,(H,24,28). The summed E-state index contributed by atoms with van der Waals surface area (Å²) in [6.07, 6.45) is 0. The van der Waals surface area contributed by atoms with E-state index in [0.29, 0.717) is 11.3 Å². The molecule has 28 heavy (non-hydrogen) atoms. The molecule has 0 bridgehead atoms. The van der Waals surface area contributed by atoms with E-state index in [9.17, 15) is 9.59 Å². The zero-order valence-corrected chi connectivity index (χ0v) is 15.1. The first-order chi connectivity index (χ1) is 13.7. The van der Waals surface area contributed by atoms with Crippen molar-refractivity contribution < 1.29 is 4.79 Å².